The smallest absolute Gasteiger partial charge is 0.313 e. The summed E-state index contributed by atoms with van der Waals surface area (Å²) in [5.41, 5.74) is 0.741. The number of amides is 1. The lowest BCUT2D eigenvalue weighted by molar-refractivity contribution is -0.221. The largest absolute Gasteiger partial charge is 0.435 e. The summed E-state index contributed by atoms with van der Waals surface area (Å²) in [7, 11) is 1.46. The van der Waals surface area contributed by atoms with Crippen LogP contribution in [0.1, 0.15) is 33.2 Å². The number of fused-ring (bicyclic) bond motifs is 4. The number of pyridine rings is 1. The molecule has 3 aromatic rings. The molecule has 4 heterocycles. The van der Waals surface area contributed by atoms with Crippen molar-refractivity contribution in [3.8, 4) is 5.75 Å². The van der Waals surface area contributed by atoms with Gasteiger partial charge in [-0.05, 0) is 23.3 Å². The highest BCUT2D eigenvalue weighted by Gasteiger charge is 2.46. The highest BCUT2D eigenvalue weighted by atomic mass is 32.2. The number of aliphatic hydroxyl groups excluding tert-OH is 1. The number of ether oxygens (including phenoxy) is 4. The van der Waals surface area contributed by atoms with Crippen LogP contribution in [-0.4, -0.2) is 73.3 Å². The van der Waals surface area contributed by atoms with E-state index in [-0.39, 0.29) is 50.0 Å². The van der Waals surface area contributed by atoms with Gasteiger partial charge >= 0.3 is 6.48 Å². The first-order chi connectivity index (χ1) is 19.9. The van der Waals surface area contributed by atoms with Crippen molar-refractivity contribution in [2.75, 3.05) is 45.1 Å². The number of nitrogens with zero attached hydrogens (tertiary/aromatic N) is 3. The molecule has 0 radical (unpaired) electrons. The second kappa shape index (κ2) is 11.4. The number of aromatic nitrogens is 1. The van der Waals surface area contributed by atoms with Crippen molar-refractivity contribution < 1.29 is 37.6 Å². The molecule has 41 heavy (non-hydrogen) atoms. The minimum Gasteiger partial charge on any atom is -0.435 e. The third kappa shape index (κ3) is 4.87. The summed E-state index contributed by atoms with van der Waals surface area (Å²) in [6.07, 6.45) is 0.774. The van der Waals surface area contributed by atoms with Crippen molar-refractivity contribution in [1.29, 1.82) is 0 Å². The van der Waals surface area contributed by atoms with Gasteiger partial charge in [0.2, 0.25) is 11.2 Å². The number of rotatable bonds is 7. The Morgan fingerprint density at radius 3 is 2.78 bits per heavy atom. The molecule has 0 saturated carbocycles. The normalized spacial score (nSPS) is 20.4. The molecule has 1 saturated heterocycles. The Kier molecular flexibility index (Phi) is 7.70. The van der Waals surface area contributed by atoms with E-state index >= 15 is 4.39 Å². The van der Waals surface area contributed by atoms with Gasteiger partial charge < -0.3 is 29.0 Å². The Morgan fingerprint density at radius 1 is 1.12 bits per heavy atom. The van der Waals surface area contributed by atoms with Crippen LogP contribution < -0.4 is 15.2 Å². The topological polar surface area (TPSA) is 103 Å². The molecule has 3 aliphatic heterocycles. The zero-order valence-corrected chi connectivity index (χ0v) is 22.8. The van der Waals surface area contributed by atoms with Crippen LogP contribution in [0.25, 0.3) is 0 Å². The highest BCUT2D eigenvalue weighted by molar-refractivity contribution is 7.98. The van der Waals surface area contributed by atoms with Crippen molar-refractivity contribution >= 4 is 17.7 Å². The second-order valence-corrected chi connectivity index (χ2v) is 10.6. The summed E-state index contributed by atoms with van der Waals surface area (Å²) in [6.45, 7) is -1.09. The van der Waals surface area contributed by atoms with Gasteiger partial charge in [-0.1, -0.05) is 24.3 Å². The van der Waals surface area contributed by atoms with Gasteiger partial charge in [0.1, 0.15) is 6.17 Å². The lowest BCUT2D eigenvalue weighted by Gasteiger charge is -2.51. The maximum absolute atomic E-state index is 15.3. The summed E-state index contributed by atoms with van der Waals surface area (Å²) >= 11 is 1.39. The fourth-order valence-corrected chi connectivity index (χ4v) is 6.57. The third-order valence-electron chi connectivity index (χ3n) is 7.30. The first-order valence-corrected chi connectivity index (χ1v) is 14.0. The summed E-state index contributed by atoms with van der Waals surface area (Å²) in [4.78, 5) is 29.4. The molecular formula is C28H27F2N3O7S. The average molecular weight is 588 g/mol. The molecule has 3 atom stereocenters. The SMILES string of the molecule is COCCOC(O)Oc1c2n(ccc1=O)N([C@@H]1c3ccccc3SCc3c1ccc(F)c3F)[C@@H]1COCCN1C2=O. The molecule has 1 aromatic heterocycles. The van der Waals surface area contributed by atoms with E-state index in [2.05, 4.69) is 0 Å². The van der Waals surface area contributed by atoms with Gasteiger partial charge in [0.25, 0.3) is 5.91 Å². The van der Waals surface area contributed by atoms with Crippen LogP contribution in [-0.2, 0) is 20.0 Å². The van der Waals surface area contributed by atoms with Crippen molar-refractivity contribution in [2.45, 2.75) is 29.3 Å². The molecule has 0 spiro atoms. The van der Waals surface area contributed by atoms with Crippen molar-refractivity contribution in [2.24, 2.45) is 0 Å². The Labute approximate surface area is 237 Å². The summed E-state index contributed by atoms with van der Waals surface area (Å²) in [6, 6.07) is 10.7. The van der Waals surface area contributed by atoms with Gasteiger partial charge in [0, 0.05) is 42.1 Å². The van der Waals surface area contributed by atoms with E-state index in [4.69, 9.17) is 18.9 Å². The van der Waals surface area contributed by atoms with Crippen LogP contribution >= 0.6 is 11.8 Å². The van der Waals surface area contributed by atoms with E-state index in [1.165, 1.54) is 35.8 Å². The van der Waals surface area contributed by atoms with Crippen molar-refractivity contribution in [1.82, 2.24) is 9.58 Å². The van der Waals surface area contributed by atoms with Crippen LogP contribution in [0, 0.1) is 11.6 Å². The van der Waals surface area contributed by atoms with Gasteiger partial charge in [-0.3, -0.25) is 19.3 Å². The van der Waals surface area contributed by atoms with Gasteiger partial charge in [0.05, 0.1) is 32.5 Å². The van der Waals surface area contributed by atoms with Gasteiger partial charge in [-0.25, -0.2) is 8.78 Å². The first kappa shape index (κ1) is 27.7. The zero-order valence-electron chi connectivity index (χ0n) is 22.0. The van der Waals surface area contributed by atoms with Gasteiger partial charge in [-0.2, -0.15) is 0 Å². The molecule has 1 N–H and O–H groups in total. The van der Waals surface area contributed by atoms with E-state index in [1.54, 1.807) is 11.0 Å². The van der Waals surface area contributed by atoms with Crippen LogP contribution in [0.3, 0.4) is 0 Å². The number of benzene rings is 2. The fourth-order valence-electron chi connectivity index (χ4n) is 5.45. The Bertz CT molecular complexity index is 1540. The maximum atomic E-state index is 15.3. The molecule has 3 aliphatic rings. The molecule has 216 valence electrons. The quantitative estimate of drug-likeness (QED) is 0.330. The standard InChI is InChI=1S/C28H27F2N3O7S/c1-37-12-13-39-28(36)40-26-20(34)8-9-32-25(26)27(35)31-10-11-38-14-22(31)33(32)24-16-6-7-19(29)23(30)18(16)15-41-21-5-3-2-4-17(21)24/h2-9,22,24,28,36H,10-15H2,1H3/t22-,24+,28?/m1/s1. The number of halogens is 2. The number of morpholine rings is 1. The summed E-state index contributed by atoms with van der Waals surface area (Å²) in [5, 5.41) is 12.2. The molecule has 1 fully saturated rings. The Balaban J connectivity index is 1.56. The lowest BCUT2D eigenvalue weighted by Crippen LogP contribution is -2.66. The van der Waals surface area contributed by atoms with Crippen LogP contribution in [0.2, 0.25) is 0 Å². The number of hydrogen-bond acceptors (Lipinski definition) is 9. The maximum Gasteiger partial charge on any atom is 0.313 e. The van der Waals surface area contributed by atoms with Crippen molar-refractivity contribution in [3.63, 3.8) is 0 Å². The summed E-state index contributed by atoms with van der Waals surface area (Å²) < 4.78 is 52.6. The number of thioether (sulfide) groups is 1. The van der Waals surface area contributed by atoms with Gasteiger partial charge in [0.15, 0.2) is 17.3 Å². The number of aliphatic hydroxyl groups is 1. The van der Waals surface area contributed by atoms with E-state index in [0.717, 1.165) is 16.5 Å². The molecule has 2 aromatic carbocycles. The number of carbonyl (C=O) groups is 1. The Hall–Kier alpha value is -3.49. The lowest BCUT2D eigenvalue weighted by atomic mass is 9.93. The molecule has 0 aliphatic carbocycles. The number of carbonyl (C=O) groups excluding carboxylic acids is 1. The molecular weight excluding hydrogens is 560 g/mol. The molecule has 0 bridgehead atoms. The van der Waals surface area contributed by atoms with Crippen LogP contribution in [0.15, 0.2) is 58.4 Å². The van der Waals surface area contributed by atoms with E-state index in [9.17, 15) is 19.1 Å². The first-order valence-electron chi connectivity index (χ1n) is 13.0. The number of hydrogen-bond donors (Lipinski definition) is 1. The minimum absolute atomic E-state index is 0.0188. The molecule has 6 rings (SSSR count). The molecule has 10 nitrogen and oxygen atoms in total. The molecule has 1 amide bonds. The Morgan fingerprint density at radius 2 is 1.95 bits per heavy atom. The van der Waals surface area contributed by atoms with Crippen molar-refractivity contribution in [3.05, 3.63) is 92.9 Å². The fraction of sp³-hybridized carbons (Fsp3) is 0.357. The van der Waals surface area contributed by atoms with Crippen LogP contribution in [0.5, 0.6) is 5.75 Å². The molecule has 13 heteroatoms. The second-order valence-electron chi connectivity index (χ2n) is 9.58. The predicted octanol–water partition coefficient (Wildman–Crippen LogP) is 2.59. The molecule has 1 unspecified atom stereocenters. The summed E-state index contributed by atoms with van der Waals surface area (Å²) in [5.74, 6) is -2.60. The third-order valence-corrected chi connectivity index (χ3v) is 8.42. The predicted molar refractivity (Wildman–Crippen MR) is 143 cm³/mol. The van der Waals surface area contributed by atoms with E-state index < -0.39 is 47.4 Å². The van der Waals surface area contributed by atoms with Crippen LogP contribution in [0.4, 0.5) is 8.78 Å². The average Bonchev–Trinajstić information content (AvgIpc) is 3.14. The monoisotopic (exact) mass is 587 g/mol. The minimum atomic E-state index is -1.85. The zero-order chi connectivity index (χ0) is 28.7. The number of methoxy groups -OCH3 is 1. The van der Waals surface area contributed by atoms with Gasteiger partial charge in [-0.15, -0.1) is 11.8 Å². The van der Waals surface area contributed by atoms with E-state index in [1.807, 2.05) is 29.3 Å². The van der Waals surface area contributed by atoms with E-state index in [0.29, 0.717) is 5.56 Å². The highest BCUT2D eigenvalue weighted by Crippen LogP contribution is 2.45.